The number of carbonyl (C=O) groups is 1. The van der Waals surface area contributed by atoms with Crippen molar-refractivity contribution in [2.45, 2.75) is 38.6 Å². The molecule has 0 spiro atoms. The average molecular weight is 257 g/mol. The number of para-hydroxylation sites is 1. The van der Waals surface area contributed by atoms with Crippen LogP contribution in [-0.4, -0.2) is 15.6 Å². The van der Waals surface area contributed by atoms with Crippen molar-refractivity contribution in [1.82, 2.24) is 4.57 Å². The Kier molecular flexibility index (Phi) is 3.05. The van der Waals surface area contributed by atoms with Crippen LogP contribution in [0.4, 0.5) is 0 Å². The normalized spacial score (nSPS) is 16.7. The second kappa shape index (κ2) is 4.72. The Morgan fingerprint density at radius 1 is 1.42 bits per heavy atom. The van der Waals surface area contributed by atoms with E-state index in [2.05, 4.69) is 29.0 Å². The third-order valence-electron chi connectivity index (χ3n) is 3.98. The molecule has 1 N–H and O–H groups in total. The summed E-state index contributed by atoms with van der Waals surface area (Å²) >= 11 is 0. The number of hydrogen-bond acceptors (Lipinski definition) is 1. The number of aliphatic carboxylic acids is 1. The molecule has 100 valence electrons. The number of nitrogens with zero attached hydrogens (tertiary/aromatic N) is 1. The van der Waals surface area contributed by atoms with Gasteiger partial charge < -0.3 is 9.67 Å². The molecule has 1 aromatic carbocycles. The minimum Gasteiger partial charge on any atom is -0.481 e. The highest BCUT2D eigenvalue weighted by molar-refractivity contribution is 5.84. The van der Waals surface area contributed by atoms with E-state index in [0.29, 0.717) is 0 Å². The maximum absolute atomic E-state index is 10.9. The van der Waals surface area contributed by atoms with Gasteiger partial charge >= 0.3 is 5.97 Å². The first kappa shape index (κ1) is 12.3. The standard InChI is InChI=1S/C16H19NO2/c1-11(9-15(18)19)14-4-2-3-13-7-8-17(16(13)14)10-12-5-6-12/h2-4,7-8,11-12H,5-6,9-10H2,1H3,(H,18,19). The molecule has 0 amide bonds. The van der Waals surface area contributed by atoms with E-state index < -0.39 is 5.97 Å². The van der Waals surface area contributed by atoms with Gasteiger partial charge in [-0.1, -0.05) is 25.1 Å². The second-order valence-corrected chi connectivity index (χ2v) is 5.70. The molecule has 0 saturated heterocycles. The minimum absolute atomic E-state index is 0.0500. The molecule has 3 nitrogen and oxygen atoms in total. The Balaban J connectivity index is 2.01. The van der Waals surface area contributed by atoms with E-state index in [1.54, 1.807) is 0 Å². The largest absolute Gasteiger partial charge is 0.481 e. The number of benzene rings is 1. The summed E-state index contributed by atoms with van der Waals surface area (Å²) in [6.45, 7) is 3.07. The molecule has 1 aliphatic rings. The van der Waals surface area contributed by atoms with Gasteiger partial charge in [0.1, 0.15) is 0 Å². The summed E-state index contributed by atoms with van der Waals surface area (Å²) in [5, 5.41) is 10.2. The summed E-state index contributed by atoms with van der Waals surface area (Å²) in [7, 11) is 0. The zero-order valence-corrected chi connectivity index (χ0v) is 11.2. The highest BCUT2D eigenvalue weighted by Crippen LogP contribution is 2.34. The van der Waals surface area contributed by atoms with Crippen molar-refractivity contribution in [3.63, 3.8) is 0 Å². The van der Waals surface area contributed by atoms with Crippen LogP contribution in [0.15, 0.2) is 30.5 Å². The van der Waals surface area contributed by atoms with Crippen LogP contribution in [-0.2, 0) is 11.3 Å². The van der Waals surface area contributed by atoms with Crippen molar-refractivity contribution in [2.75, 3.05) is 0 Å². The van der Waals surface area contributed by atoms with Gasteiger partial charge in [0.05, 0.1) is 11.9 Å². The lowest BCUT2D eigenvalue weighted by Crippen LogP contribution is -2.06. The van der Waals surface area contributed by atoms with E-state index in [4.69, 9.17) is 5.11 Å². The van der Waals surface area contributed by atoms with Crippen LogP contribution in [0.2, 0.25) is 0 Å². The summed E-state index contributed by atoms with van der Waals surface area (Å²) in [4.78, 5) is 10.9. The van der Waals surface area contributed by atoms with Crippen molar-refractivity contribution < 1.29 is 9.90 Å². The molecule has 2 aromatic rings. The topological polar surface area (TPSA) is 42.2 Å². The lowest BCUT2D eigenvalue weighted by atomic mass is 9.96. The summed E-state index contributed by atoms with van der Waals surface area (Å²) < 4.78 is 2.31. The monoisotopic (exact) mass is 257 g/mol. The van der Waals surface area contributed by atoms with Gasteiger partial charge in [0.2, 0.25) is 0 Å². The number of aromatic nitrogens is 1. The van der Waals surface area contributed by atoms with E-state index in [1.807, 2.05) is 13.0 Å². The third kappa shape index (κ3) is 2.50. The fourth-order valence-corrected chi connectivity index (χ4v) is 2.79. The van der Waals surface area contributed by atoms with Gasteiger partial charge in [0, 0.05) is 12.7 Å². The van der Waals surface area contributed by atoms with Crippen molar-refractivity contribution in [3.05, 3.63) is 36.0 Å². The van der Waals surface area contributed by atoms with Gasteiger partial charge in [-0.2, -0.15) is 0 Å². The number of carboxylic acids is 1. The van der Waals surface area contributed by atoms with E-state index in [-0.39, 0.29) is 12.3 Å². The molecule has 1 fully saturated rings. The molecule has 0 aliphatic heterocycles. The molecule has 1 saturated carbocycles. The van der Waals surface area contributed by atoms with Gasteiger partial charge in [-0.3, -0.25) is 4.79 Å². The van der Waals surface area contributed by atoms with Crippen molar-refractivity contribution in [2.24, 2.45) is 5.92 Å². The van der Waals surface area contributed by atoms with Gasteiger partial charge in [0.15, 0.2) is 0 Å². The van der Waals surface area contributed by atoms with Gasteiger partial charge in [-0.15, -0.1) is 0 Å². The summed E-state index contributed by atoms with van der Waals surface area (Å²) in [5.74, 6) is 0.136. The fraction of sp³-hybridized carbons (Fsp3) is 0.438. The van der Waals surface area contributed by atoms with Crippen LogP contribution in [0.3, 0.4) is 0 Å². The molecule has 19 heavy (non-hydrogen) atoms. The van der Waals surface area contributed by atoms with Gasteiger partial charge in [0.25, 0.3) is 0 Å². The predicted octanol–water partition coefficient (Wildman–Crippen LogP) is 3.63. The maximum atomic E-state index is 10.9. The predicted molar refractivity (Wildman–Crippen MR) is 75.3 cm³/mol. The number of carboxylic acid groups (broad SMARTS) is 1. The van der Waals surface area contributed by atoms with Crippen LogP contribution < -0.4 is 0 Å². The van der Waals surface area contributed by atoms with Gasteiger partial charge in [-0.05, 0) is 41.7 Å². The number of fused-ring (bicyclic) bond motifs is 1. The van der Waals surface area contributed by atoms with Crippen LogP contribution in [0, 0.1) is 5.92 Å². The van der Waals surface area contributed by atoms with Crippen LogP contribution in [0.25, 0.3) is 10.9 Å². The molecular weight excluding hydrogens is 238 g/mol. The molecule has 0 radical (unpaired) electrons. The van der Waals surface area contributed by atoms with Gasteiger partial charge in [-0.25, -0.2) is 0 Å². The Bertz CT molecular complexity index is 610. The molecule has 1 unspecified atom stereocenters. The molecule has 1 atom stereocenters. The summed E-state index contributed by atoms with van der Waals surface area (Å²) in [6.07, 6.45) is 4.98. The molecule has 1 aliphatic carbocycles. The van der Waals surface area contributed by atoms with Crippen molar-refractivity contribution in [3.8, 4) is 0 Å². The Morgan fingerprint density at radius 2 is 2.21 bits per heavy atom. The maximum Gasteiger partial charge on any atom is 0.303 e. The number of hydrogen-bond donors (Lipinski definition) is 1. The first-order valence-electron chi connectivity index (χ1n) is 6.94. The van der Waals surface area contributed by atoms with Crippen LogP contribution in [0.1, 0.15) is 37.7 Å². The average Bonchev–Trinajstić information content (AvgIpc) is 3.08. The van der Waals surface area contributed by atoms with E-state index >= 15 is 0 Å². The fourth-order valence-electron chi connectivity index (χ4n) is 2.79. The lowest BCUT2D eigenvalue weighted by Gasteiger charge is -2.14. The van der Waals surface area contributed by atoms with Crippen LogP contribution >= 0.6 is 0 Å². The molecule has 0 bridgehead atoms. The third-order valence-corrected chi connectivity index (χ3v) is 3.98. The van der Waals surface area contributed by atoms with E-state index in [9.17, 15) is 4.79 Å². The van der Waals surface area contributed by atoms with Crippen molar-refractivity contribution >= 4 is 16.9 Å². The van der Waals surface area contributed by atoms with E-state index in [1.165, 1.54) is 23.7 Å². The highest BCUT2D eigenvalue weighted by atomic mass is 16.4. The molecular formula is C16H19NO2. The molecule has 3 heteroatoms. The summed E-state index contributed by atoms with van der Waals surface area (Å²) in [6, 6.07) is 8.33. The lowest BCUT2D eigenvalue weighted by molar-refractivity contribution is -0.137. The molecule has 3 rings (SSSR count). The van der Waals surface area contributed by atoms with Crippen molar-refractivity contribution in [1.29, 1.82) is 0 Å². The molecule has 1 aromatic heterocycles. The Morgan fingerprint density at radius 3 is 2.89 bits per heavy atom. The first-order chi connectivity index (χ1) is 9.15. The SMILES string of the molecule is CC(CC(=O)O)c1cccc2ccn(CC3CC3)c12. The smallest absolute Gasteiger partial charge is 0.303 e. The number of rotatable bonds is 5. The van der Waals surface area contributed by atoms with E-state index in [0.717, 1.165) is 18.0 Å². The minimum atomic E-state index is -0.732. The quantitative estimate of drug-likeness (QED) is 0.888. The Hall–Kier alpha value is -1.77. The molecule has 1 heterocycles. The summed E-state index contributed by atoms with van der Waals surface area (Å²) in [5.41, 5.74) is 2.38. The second-order valence-electron chi connectivity index (χ2n) is 5.70. The highest BCUT2D eigenvalue weighted by Gasteiger charge is 2.23. The van der Waals surface area contributed by atoms with Crippen LogP contribution in [0.5, 0.6) is 0 Å². The first-order valence-corrected chi connectivity index (χ1v) is 6.94. The zero-order chi connectivity index (χ0) is 13.4. The Labute approximate surface area is 112 Å². The zero-order valence-electron chi connectivity index (χ0n) is 11.2.